The summed E-state index contributed by atoms with van der Waals surface area (Å²) in [5.41, 5.74) is 2.21. The highest BCUT2D eigenvalue weighted by atomic mass is 19.4. The lowest BCUT2D eigenvalue weighted by molar-refractivity contribution is -0.137. The van der Waals surface area contributed by atoms with Crippen molar-refractivity contribution in [3.8, 4) is 11.5 Å². The zero-order valence-corrected chi connectivity index (χ0v) is 13.6. The highest BCUT2D eigenvalue weighted by Gasteiger charge is 2.30. The fraction of sp³-hybridized carbons (Fsp3) is 0.100. The second kappa shape index (κ2) is 6.29. The average Bonchev–Trinajstić information content (AvgIpc) is 3.01. The fourth-order valence-corrected chi connectivity index (χ4v) is 2.95. The Morgan fingerprint density at radius 3 is 2.46 bits per heavy atom. The van der Waals surface area contributed by atoms with Gasteiger partial charge in [0.15, 0.2) is 5.82 Å². The molecule has 4 aromatic rings. The minimum atomic E-state index is -4.36. The van der Waals surface area contributed by atoms with Crippen LogP contribution in [0, 0.1) is 0 Å². The Morgan fingerprint density at radius 2 is 1.69 bits per heavy atom. The Morgan fingerprint density at radius 1 is 0.885 bits per heavy atom. The molecule has 2 aromatic heterocycles. The van der Waals surface area contributed by atoms with Crippen LogP contribution in [0.15, 0.2) is 72.9 Å². The van der Waals surface area contributed by atoms with E-state index in [4.69, 9.17) is 0 Å². The summed E-state index contributed by atoms with van der Waals surface area (Å²) in [4.78, 5) is 8.97. The molecule has 0 aliphatic carbocycles. The normalized spacial score (nSPS) is 11.8. The zero-order chi connectivity index (χ0) is 18.1. The van der Waals surface area contributed by atoms with Crippen molar-refractivity contribution < 1.29 is 13.2 Å². The van der Waals surface area contributed by atoms with Crippen LogP contribution in [0.4, 0.5) is 13.2 Å². The van der Waals surface area contributed by atoms with E-state index in [1.807, 2.05) is 47.0 Å². The van der Waals surface area contributed by atoms with E-state index in [0.29, 0.717) is 17.1 Å². The molecule has 0 fully saturated rings. The number of imidazole rings is 1. The average molecular weight is 353 g/mol. The summed E-state index contributed by atoms with van der Waals surface area (Å²) in [5, 5.41) is 0. The molecule has 130 valence electrons. The quantitative estimate of drug-likeness (QED) is 0.509. The van der Waals surface area contributed by atoms with Gasteiger partial charge >= 0.3 is 6.18 Å². The van der Waals surface area contributed by atoms with E-state index < -0.39 is 11.7 Å². The van der Waals surface area contributed by atoms with Gasteiger partial charge in [-0.2, -0.15) is 13.2 Å². The number of rotatable bonds is 3. The fourth-order valence-electron chi connectivity index (χ4n) is 2.95. The molecular weight excluding hydrogens is 339 g/mol. The van der Waals surface area contributed by atoms with Gasteiger partial charge in [-0.15, -0.1) is 0 Å². The number of hydrogen-bond acceptors (Lipinski definition) is 2. The molecule has 2 heterocycles. The summed E-state index contributed by atoms with van der Waals surface area (Å²) in [6.45, 7) is 0.274. The predicted molar refractivity (Wildman–Crippen MR) is 93.5 cm³/mol. The monoisotopic (exact) mass is 353 g/mol. The van der Waals surface area contributed by atoms with Crippen molar-refractivity contribution in [1.29, 1.82) is 0 Å². The molecule has 0 saturated heterocycles. The molecule has 0 N–H and O–H groups in total. The van der Waals surface area contributed by atoms with Crippen molar-refractivity contribution in [1.82, 2.24) is 14.5 Å². The number of benzene rings is 2. The molecule has 0 radical (unpaired) electrons. The minimum absolute atomic E-state index is 0.274. The SMILES string of the molecule is FC(F)(F)c1cccc(Cn2c(-c3ccccn3)nc3ccccc32)c1. The van der Waals surface area contributed by atoms with Crippen LogP contribution >= 0.6 is 0 Å². The van der Waals surface area contributed by atoms with Gasteiger partial charge in [0, 0.05) is 12.7 Å². The van der Waals surface area contributed by atoms with Crippen LogP contribution in [0.25, 0.3) is 22.6 Å². The smallest absolute Gasteiger partial charge is 0.318 e. The zero-order valence-electron chi connectivity index (χ0n) is 13.6. The molecule has 0 amide bonds. The second-order valence-electron chi connectivity index (χ2n) is 5.92. The molecule has 0 bridgehead atoms. The topological polar surface area (TPSA) is 30.7 Å². The van der Waals surface area contributed by atoms with Gasteiger partial charge in [0.05, 0.1) is 16.6 Å². The third kappa shape index (κ3) is 3.06. The van der Waals surface area contributed by atoms with Crippen molar-refractivity contribution >= 4 is 11.0 Å². The van der Waals surface area contributed by atoms with Gasteiger partial charge in [-0.05, 0) is 42.0 Å². The first kappa shape index (κ1) is 16.3. The number of nitrogens with zero attached hydrogens (tertiary/aromatic N) is 3. The van der Waals surface area contributed by atoms with Crippen LogP contribution in [-0.4, -0.2) is 14.5 Å². The van der Waals surface area contributed by atoms with E-state index in [9.17, 15) is 13.2 Å². The number of fused-ring (bicyclic) bond motifs is 1. The first-order chi connectivity index (χ1) is 12.5. The van der Waals surface area contributed by atoms with Crippen molar-refractivity contribution in [2.45, 2.75) is 12.7 Å². The van der Waals surface area contributed by atoms with Gasteiger partial charge in [0.25, 0.3) is 0 Å². The molecule has 2 aromatic carbocycles. The Bertz CT molecular complexity index is 1050. The molecule has 4 rings (SSSR count). The number of halogens is 3. The van der Waals surface area contributed by atoms with Crippen molar-refractivity contribution in [2.24, 2.45) is 0 Å². The Balaban J connectivity index is 1.84. The Kier molecular flexibility index (Phi) is 3.95. The summed E-state index contributed by atoms with van der Waals surface area (Å²) in [7, 11) is 0. The summed E-state index contributed by atoms with van der Waals surface area (Å²) >= 11 is 0. The lowest BCUT2D eigenvalue weighted by atomic mass is 10.1. The van der Waals surface area contributed by atoms with Gasteiger partial charge < -0.3 is 4.57 Å². The van der Waals surface area contributed by atoms with E-state index in [1.54, 1.807) is 12.3 Å². The number of pyridine rings is 1. The summed E-state index contributed by atoms with van der Waals surface area (Å²) in [6, 6.07) is 18.4. The highest BCUT2D eigenvalue weighted by molar-refractivity contribution is 5.80. The Hall–Kier alpha value is -3.15. The molecule has 6 heteroatoms. The molecule has 0 spiro atoms. The number of aromatic nitrogens is 3. The van der Waals surface area contributed by atoms with Crippen molar-refractivity contribution in [3.63, 3.8) is 0 Å². The molecule has 3 nitrogen and oxygen atoms in total. The molecular formula is C20H14F3N3. The van der Waals surface area contributed by atoms with Crippen LogP contribution in [0.2, 0.25) is 0 Å². The van der Waals surface area contributed by atoms with E-state index in [0.717, 1.165) is 17.1 Å². The van der Waals surface area contributed by atoms with Crippen molar-refractivity contribution in [2.75, 3.05) is 0 Å². The summed E-state index contributed by atoms with van der Waals surface area (Å²) in [6.07, 6.45) is -2.69. The maximum Gasteiger partial charge on any atom is 0.416 e. The van der Waals surface area contributed by atoms with Gasteiger partial charge in [-0.3, -0.25) is 4.98 Å². The summed E-state index contributed by atoms with van der Waals surface area (Å²) in [5.74, 6) is 0.629. The second-order valence-corrected chi connectivity index (χ2v) is 5.92. The molecule has 0 aliphatic rings. The predicted octanol–water partition coefficient (Wildman–Crippen LogP) is 5.17. The van der Waals surface area contributed by atoms with Gasteiger partial charge in [-0.1, -0.05) is 30.3 Å². The minimum Gasteiger partial charge on any atom is -0.318 e. The molecule has 0 atom stereocenters. The van der Waals surface area contributed by atoms with E-state index in [1.165, 1.54) is 12.1 Å². The largest absolute Gasteiger partial charge is 0.416 e. The van der Waals surface area contributed by atoms with Crippen molar-refractivity contribution in [3.05, 3.63) is 84.1 Å². The standard InChI is InChI=1S/C20H14F3N3/c21-20(22,23)15-7-5-6-14(12-15)13-26-18-10-2-1-8-16(18)25-19(26)17-9-3-4-11-24-17/h1-12H,13H2. The maximum atomic E-state index is 13.0. The maximum absolute atomic E-state index is 13.0. The van der Waals surface area contributed by atoms with Gasteiger partial charge in [0.1, 0.15) is 5.69 Å². The van der Waals surface area contributed by atoms with E-state index in [2.05, 4.69) is 9.97 Å². The number of hydrogen-bond donors (Lipinski definition) is 0. The highest BCUT2D eigenvalue weighted by Crippen LogP contribution is 2.30. The van der Waals surface area contributed by atoms with Crippen LogP contribution in [0.5, 0.6) is 0 Å². The summed E-state index contributed by atoms with van der Waals surface area (Å²) < 4.78 is 40.9. The molecule has 0 saturated carbocycles. The lowest BCUT2D eigenvalue weighted by Crippen LogP contribution is -2.07. The number of para-hydroxylation sites is 2. The van der Waals surface area contributed by atoms with Crippen LogP contribution in [0.3, 0.4) is 0 Å². The van der Waals surface area contributed by atoms with E-state index >= 15 is 0 Å². The Labute approximate surface area is 147 Å². The molecule has 26 heavy (non-hydrogen) atoms. The third-order valence-corrected chi connectivity index (χ3v) is 4.14. The van der Waals surface area contributed by atoms with Gasteiger partial charge in [-0.25, -0.2) is 4.98 Å². The third-order valence-electron chi connectivity index (χ3n) is 4.14. The first-order valence-electron chi connectivity index (χ1n) is 8.05. The van der Waals surface area contributed by atoms with Crippen LogP contribution in [-0.2, 0) is 12.7 Å². The van der Waals surface area contributed by atoms with Crippen LogP contribution < -0.4 is 0 Å². The van der Waals surface area contributed by atoms with Crippen LogP contribution in [0.1, 0.15) is 11.1 Å². The first-order valence-corrected chi connectivity index (χ1v) is 8.05. The van der Waals surface area contributed by atoms with Gasteiger partial charge in [0.2, 0.25) is 0 Å². The number of alkyl halides is 3. The lowest BCUT2D eigenvalue weighted by Gasteiger charge is -2.12. The molecule has 0 aliphatic heterocycles. The molecule has 0 unspecified atom stereocenters. The van der Waals surface area contributed by atoms with E-state index in [-0.39, 0.29) is 6.54 Å².